The number of likely N-dealkylation sites (tertiary alicyclic amines) is 1. The fourth-order valence-corrected chi connectivity index (χ4v) is 6.60. The molecule has 1 saturated heterocycles. The van der Waals surface area contributed by atoms with Crippen LogP contribution >= 0.6 is 0 Å². The van der Waals surface area contributed by atoms with Crippen LogP contribution in [0.1, 0.15) is 28.8 Å². The number of hydrogen-bond donors (Lipinski definition) is 2. The van der Waals surface area contributed by atoms with Crippen LogP contribution in [-0.4, -0.2) is 52.2 Å². The molecule has 238 valence electrons. The molecule has 1 fully saturated rings. The maximum absolute atomic E-state index is 16.0. The minimum atomic E-state index is -4.66. The van der Waals surface area contributed by atoms with Gasteiger partial charge in [0.2, 0.25) is 10.0 Å². The van der Waals surface area contributed by atoms with E-state index in [1.165, 1.54) is 48.8 Å². The minimum absolute atomic E-state index is 0.130. The van der Waals surface area contributed by atoms with Crippen molar-refractivity contribution in [3.63, 3.8) is 0 Å². The largest absolute Gasteiger partial charge is 0.497 e. The third-order valence-electron chi connectivity index (χ3n) is 7.79. The molecule has 0 unspecified atom stereocenters. The number of anilines is 1. The highest BCUT2D eigenvalue weighted by Crippen LogP contribution is 2.37. The number of benzene rings is 3. The van der Waals surface area contributed by atoms with Gasteiger partial charge in [0, 0.05) is 37.7 Å². The van der Waals surface area contributed by atoms with Crippen molar-refractivity contribution in [2.75, 3.05) is 39.2 Å². The molecule has 1 aliphatic heterocycles. The van der Waals surface area contributed by atoms with Gasteiger partial charge in [-0.1, -0.05) is 54.6 Å². The fourth-order valence-electron chi connectivity index (χ4n) is 5.54. The maximum Gasteiger partial charge on any atom is 0.358 e. The molecule has 4 aromatic rings. The van der Waals surface area contributed by atoms with E-state index >= 15 is 13.2 Å². The Kier molecular flexibility index (Phi) is 9.96. The zero-order valence-corrected chi connectivity index (χ0v) is 25.8. The molecule has 0 bridgehead atoms. The van der Waals surface area contributed by atoms with E-state index in [1.807, 2.05) is 18.2 Å². The quantitative estimate of drug-likeness (QED) is 0.179. The Morgan fingerprint density at radius 1 is 1.00 bits per heavy atom. The van der Waals surface area contributed by atoms with Gasteiger partial charge < -0.3 is 14.8 Å². The molecule has 0 aliphatic carbocycles. The van der Waals surface area contributed by atoms with Crippen molar-refractivity contribution in [1.82, 2.24) is 14.6 Å². The van der Waals surface area contributed by atoms with Crippen LogP contribution in [0.5, 0.6) is 11.5 Å². The lowest BCUT2D eigenvalue weighted by Gasteiger charge is -2.24. The number of nitrogens with one attached hydrogen (secondary N) is 2. The smallest absolute Gasteiger partial charge is 0.358 e. The molecule has 45 heavy (non-hydrogen) atoms. The van der Waals surface area contributed by atoms with E-state index in [-0.39, 0.29) is 28.5 Å². The number of hydrogen-bond acceptors (Lipinski definition) is 7. The van der Waals surface area contributed by atoms with E-state index in [0.717, 1.165) is 26.1 Å². The monoisotopic (exact) mass is 640 g/mol. The first-order valence-electron chi connectivity index (χ1n) is 14.5. The van der Waals surface area contributed by atoms with Gasteiger partial charge in [0.15, 0.2) is 5.82 Å². The Hall–Kier alpha value is -4.13. The van der Waals surface area contributed by atoms with Crippen LogP contribution in [0.25, 0.3) is 0 Å². The maximum atomic E-state index is 16.0. The van der Waals surface area contributed by atoms with Crippen LogP contribution in [-0.2, 0) is 29.0 Å². The molecule has 0 amide bonds. The van der Waals surface area contributed by atoms with E-state index in [2.05, 4.69) is 27.3 Å². The van der Waals surface area contributed by atoms with Crippen molar-refractivity contribution in [1.29, 1.82) is 0 Å². The Bertz CT molecular complexity index is 1710. The number of rotatable bonds is 13. The third-order valence-corrected chi connectivity index (χ3v) is 9.21. The minimum Gasteiger partial charge on any atom is -0.497 e. The number of sulfonamides is 1. The van der Waals surface area contributed by atoms with Crippen molar-refractivity contribution in [3.8, 4) is 11.5 Å². The van der Waals surface area contributed by atoms with E-state index in [1.54, 1.807) is 24.3 Å². The first kappa shape index (κ1) is 32.3. The highest BCUT2D eigenvalue weighted by Gasteiger charge is 2.42. The molecule has 1 atom stereocenters. The Morgan fingerprint density at radius 3 is 2.40 bits per heavy atom. The number of nitrogens with zero attached hydrogens (tertiary/aromatic N) is 2. The van der Waals surface area contributed by atoms with Gasteiger partial charge in [0.25, 0.3) is 0 Å². The second-order valence-electron chi connectivity index (χ2n) is 10.9. The predicted molar refractivity (Wildman–Crippen MR) is 166 cm³/mol. The van der Waals surface area contributed by atoms with Gasteiger partial charge in [-0.25, -0.2) is 17.8 Å². The summed E-state index contributed by atoms with van der Waals surface area (Å²) in [6, 6.07) is 17.6. The Labute approximate surface area is 261 Å². The zero-order valence-electron chi connectivity index (χ0n) is 25.0. The summed E-state index contributed by atoms with van der Waals surface area (Å²) in [5.41, 5.74) is 0.357. The molecule has 2 N–H and O–H groups in total. The van der Waals surface area contributed by atoms with Crippen molar-refractivity contribution in [2.45, 2.75) is 30.3 Å². The van der Waals surface area contributed by atoms with Gasteiger partial charge in [0.05, 0.1) is 31.0 Å². The van der Waals surface area contributed by atoms with Crippen molar-refractivity contribution in [2.24, 2.45) is 5.92 Å². The molecule has 12 heteroatoms. The molecule has 1 aliphatic rings. The lowest BCUT2D eigenvalue weighted by atomic mass is 9.99. The highest BCUT2D eigenvalue weighted by atomic mass is 32.2. The molecule has 2 heterocycles. The van der Waals surface area contributed by atoms with Crippen LogP contribution in [0.2, 0.25) is 0 Å². The SMILES string of the molecule is COc1ccc(Cc2c(C(F)(F)NS(=O)(=O)c3ccccc3)ncc(F)c2NC[C@@H]2CCN(Cc3ccccc3)C2)c(OC)c1. The van der Waals surface area contributed by atoms with E-state index in [4.69, 9.17) is 9.47 Å². The number of alkyl halides is 2. The molecule has 3 aromatic carbocycles. The first-order valence-corrected chi connectivity index (χ1v) is 15.9. The average molecular weight is 641 g/mol. The average Bonchev–Trinajstić information content (AvgIpc) is 3.48. The van der Waals surface area contributed by atoms with Crippen molar-refractivity contribution >= 4 is 15.7 Å². The summed E-state index contributed by atoms with van der Waals surface area (Å²) in [6.07, 6.45) is 1.30. The van der Waals surface area contributed by atoms with E-state index in [9.17, 15) is 8.42 Å². The molecule has 0 spiro atoms. The van der Waals surface area contributed by atoms with Crippen LogP contribution < -0.4 is 19.5 Å². The number of pyridine rings is 1. The van der Waals surface area contributed by atoms with Crippen molar-refractivity contribution in [3.05, 3.63) is 113 Å². The number of aromatic nitrogens is 1. The third kappa shape index (κ3) is 7.75. The lowest BCUT2D eigenvalue weighted by Crippen LogP contribution is -2.40. The first-order chi connectivity index (χ1) is 21.6. The molecule has 1 aromatic heterocycles. The summed E-state index contributed by atoms with van der Waals surface area (Å²) in [4.78, 5) is 5.70. The topological polar surface area (TPSA) is 92.8 Å². The van der Waals surface area contributed by atoms with Gasteiger partial charge in [-0.3, -0.25) is 4.90 Å². The van der Waals surface area contributed by atoms with E-state index in [0.29, 0.717) is 29.8 Å². The normalized spacial score (nSPS) is 15.6. The number of halogens is 3. The molecular formula is C33H35F3N4O4S. The molecule has 5 rings (SSSR count). The second-order valence-corrected chi connectivity index (χ2v) is 12.6. The summed E-state index contributed by atoms with van der Waals surface area (Å²) in [5, 5.41) is 3.08. The van der Waals surface area contributed by atoms with Crippen LogP contribution in [0.15, 0.2) is 90.0 Å². The Balaban J connectivity index is 1.46. The second kappa shape index (κ2) is 13.9. The van der Waals surface area contributed by atoms with Crippen LogP contribution in [0, 0.1) is 11.7 Å². The summed E-state index contributed by atoms with van der Waals surface area (Å²) in [6.45, 7) is 2.69. The van der Waals surface area contributed by atoms with Gasteiger partial charge >= 0.3 is 6.05 Å². The molecule has 0 saturated carbocycles. The molecule has 8 nitrogen and oxygen atoms in total. The lowest BCUT2D eigenvalue weighted by molar-refractivity contribution is -0.0219. The Morgan fingerprint density at radius 2 is 1.71 bits per heavy atom. The van der Waals surface area contributed by atoms with Crippen LogP contribution in [0.3, 0.4) is 0 Å². The summed E-state index contributed by atoms with van der Waals surface area (Å²) < 4.78 is 85.5. The van der Waals surface area contributed by atoms with E-state index < -0.39 is 27.6 Å². The van der Waals surface area contributed by atoms with Gasteiger partial charge in [-0.15, -0.1) is 4.72 Å². The zero-order chi connectivity index (χ0) is 32.0. The number of methoxy groups -OCH3 is 2. The predicted octanol–water partition coefficient (Wildman–Crippen LogP) is 5.79. The summed E-state index contributed by atoms with van der Waals surface area (Å²) >= 11 is 0. The highest BCUT2D eigenvalue weighted by molar-refractivity contribution is 7.89. The van der Waals surface area contributed by atoms with Gasteiger partial charge in [-0.05, 0) is 48.2 Å². The molecule has 0 radical (unpaired) electrons. The van der Waals surface area contributed by atoms with Crippen molar-refractivity contribution < 1.29 is 31.1 Å². The standard InChI is InChI=1S/C33H35F3N4O4S/c1-43-26-14-13-25(30(18-26)44-2)17-28-31(37-19-24-15-16-40(22-24)21-23-9-5-3-6-10-23)29(34)20-38-32(28)33(35,36)39-45(41,42)27-11-7-4-8-12-27/h3-14,18,20,24,39H,15-17,19,21-22H2,1-2H3,(H,37,38)/t24-/m0/s1. The van der Waals surface area contributed by atoms with Gasteiger partial charge in [0.1, 0.15) is 17.2 Å². The summed E-state index contributed by atoms with van der Waals surface area (Å²) in [5.74, 6) is 0.108. The number of ether oxygens (including phenoxy) is 2. The summed E-state index contributed by atoms with van der Waals surface area (Å²) in [7, 11) is -1.76. The molecular weight excluding hydrogens is 605 g/mol. The van der Waals surface area contributed by atoms with Crippen LogP contribution in [0.4, 0.5) is 18.9 Å². The van der Waals surface area contributed by atoms with Gasteiger partial charge in [-0.2, -0.15) is 8.78 Å². The fraction of sp³-hybridized carbons (Fsp3) is 0.303.